The van der Waals surface area contributed by atoms with E-state index in [0.29, 0.717) is 17.8 Å². The summed E-state index contributed by atoms with van der Waals surface area (Å²) in [7, 11) is 1.39. The fourth-order valence-electron chi connectivity index (χ4n) is 5.59. The first-order valence-corrected chi connectivity index (χ1v) is 15.5. The average Bonchev–Trinajstić information content (AvgIpc) is 2.90. The molecule has 1 aromatic rings. The summed E-state index contributed by atoms with van der Waals surface area (Å²) in [5.41, 5.74) is 3.03. The molecule has 0 aliphatic carbocycles. The van der Waals surface area contributed by atoms with E-state index in [1.807, 2.05) is 32.9 Å². The van der Waals surface area contributed by atoms with Crippen LogP contribution in [0.1, 0.15) is 135 Å². The highest BCUT2D eigenvalue weighted by Gasteiger charge is 2.40. The molecule has 1 aliphatic rings. The topological polar surface area (TPSA) is 67.9 Å². The number of aryl methyl sites for hydroxylation is 1. The van der Waals surface area contributed by atoms with Crippen molar-refractivity contribution in [1.82, 2.24) is 10.2 Å². The molecule has 0 saturated heterocycles. The van der Waals surface area contributed by atoms with E-state index < -0.39 is 12.0 Å². The van der Waals surface area contributed by atoms with Gasteiger partial charge in [-0.1, -0.05) is 96.1 Å². The first-order valence-electron chi connectivity index (χ1n) is 15.5. The number of nitrogens with one attached hydrogen (secondary N) is 1. The predicted octanol–water partition coefficient (Wildman–Crippen LogP) is 8.64. The third kappa shape index (κ3) is 10.2. The lowest BCUT2D eigenvalue weighted by Crippen LogP contribution is -2.48. The molecule has 2 amide bonds. The third-order valence-electron chi connectivity index (χ3n) is 7.63. The van der Waals surface area contributed by atoms with E-state index in [1.54, 1.807) is 11.8 Å². The molecule has 1 aromatic carbocycles. The highest BCUT2D eigenvalue weighted by Crippen LogP contribution is 2.41. The molecule has 0 saturated carbocycles. The van der Waals surface area contributed by atoms with Crippen LogP contribution in [-0.2, 0) is 16.0 Å². The SMILES string of the molecule is CCCCCCCCCCCCCCCc1cccc(OC(C)C)c1C1C(C(=O)OC)=C(C)NC(=O)N1CC. The number of hydrogen-bond acceptors (Lipinski definition) is 4. The van der Waals surface area contributed by atoms with E-state index in [1.165, 1.54) is 84.2 Å². The van der Waals surface area contributed by atoms with Crippen LogP contribution in [0.15, 0.2) is 29.5 Å². The summed E-state index contributed by atoms with van der Waals surface area (Å²) in [4.78, 5) is 27.7. The van der Waals surface area contributed by atoms with Crippen LogP contribution < -0.4 is 10.1 Å². The van der Waals surface area contributed by atoms with E-state index >= 15 is 0 Å². The number of allylic oxidation sites excluding steroid dienone is 1. The maximum absolute atomic E-state index is 13.0. The Kier molecular flexibility index (Phi) is 15.1. The van der Waals surface area contributed by atoms with Gasteiger partial charge in [-0.3, -0.25) is 0 Å². The second-order valence-electron chi connectivity index (χ2n) is 11.1. The number of carbonyl (C=O) groups is 2. The molecule has 1 heterocycles. The maximum Gasteiger partial charge on any atom is 0.337 e. The predicted molar refractivity (Wildman–Crippen MR) is 160 cm³/mol. The van der Waals surface area contributed by atoms with Crippen molar-refractivity contribution in [3.63, 3.8) is 0 Å². The molecule has 1 aliphatic heterocycles. The van der Waals surface area contributed by atoms with E-state index in [9.17, 15) is 9.59 Å². The summed E-state index contributed by atoms with van der Waals surface area (Å²) in [5, 5.41) is 2.85. The van der Waals surface area contributed by atoms with Crippen molar-refractivity contribution in [2.45, 2.75) is 137 Å². The Morgan fingerprint density at radius 1 is 0.923 bits per heavy atom. The van der Waals surface area contributed by atoms with Gasteiger partial charge < -0.3 is 19.7 Å². The second kappa shape index (κ2) is 18.0. The second-order valence-corrected chi connectivity index (χ2v) is 11.1. The summed E-state index contributed by atoms with van der Waals surface area (Å²) in [6.07, 6.45) is 18.0. The first kappa shape index (κ1) is 32.7. The monoisotopic (exact) mass is 542 g/mol. The van der Waals surface area contributed by atoms with Crippen molar-refractivity contribution in [3.8, 4) is 5.75 Å². The fourth-order valence-corrected chi connectivity index (χ4v) is 5.59. The zero-order valence-electron chi connectivity index (χ0n) is 25.6. The van der Waals surface area contributed by atoms with Crippen LogP contribution in [-0.4, -0.2) is 36.7 Å². The number of rotatable bonds is 19. The summed E-state index contributed by atoms with van der Waals surface area (Å²) < 4.78 is 11.4. The Hall–Kier alpha value is -2.50. The Bertz CT molecular complexity index is 924. The Labute approximate surface area is 237 Å². The van der Waals surface area contributed by atoms with Gasteiger partial charge in [0.05, 0.1) is 24.8 Å². The number of amides is 2. The Morgan fingerprint density at radius 3 is 2.00 bits per heavy atom. The van der Waals surface area contributed by atoms with Gasteiger partial charge in [0, 0.05) is 17.8 Å². The van der Waals surface area contributed by atoms with Crippen LogP contribution in [0.3, 0.4) is 0 Å². The lowest BCUT2D eigenvalue weighted by molar-refractivity contribution is -0.137. The molecule has 6 nitrogen and oxygen atoms in total. The highest BCUT2D eigenvalue weighted by molar-refractivity contribution is 5.95. The number of esters is 1. The largest absolute Gasteiger partial charge is 0.491 e. The number of benzene rings is 1. The molecule has 39 heavy (non-hydrogen) atoms. The molecule has 220 valence electrons. The molecule has 1 N–H and O–H groups in total. The maximum atomic E-state index is 13.0. The zero-order valence-corrected chi connectivity index (χ0v) is 25.6. The quantitative estimate of drug-likeness (QED) is 0.140. The fraction of sp³-hybridized carbons (Fsp3) is 0.697. The molecule has 0 radical (unpaired) electrons. The highest BCUT2D eigenvalue weighted by atomic mass is 16.5. The van der Waals surface area contributed by atoms with Crippen molar-refractivity contribution in [2.24, 2.45) is 0 Å². The Morgan fingerprint density at radius 2 is 1.49 bits per heavy atom. The minimum absolute atomic E-state index is 0.0329. The first-order chi connectivity index (χ1) is 18.8. The van der Waals surface area contributed by atoms with E-state index in [4.69, 9.17) is 9.47 Å². The van der Waals surface area contributed by atoms with Gasteiger partial charge in [-0.15, -0.1) is 0 Å². The molecule has 0 fully saturated rings. The van der Waals surface area contributed by atoms with Gasteiger partial charge in [0.25, 0.3) is 0 Å². The zero-order chi connectivity index (χ0) is 28.6. The van der Waals surface area contributed by atoms with Crippen molar-refractivity contribution < 1.29 is 19.1 Å². The molecular weight excluding hydrogens is 488 g/mol. The molecule has 0 aromatic heterocycles. The van der Waals surface area contributed by atoms with Crippen LogP contribution in [0.5, 0.6) is 5.75 Å². The number of carbonyl (C=O) groups excluding carboxylic acids is 2. The number of urea groups is 1. The van der Waals surface area contributed by atoms with Crippen LogP contribution >= 0.6 is 0 Å². The minimum Gasteiger partial charge on any atom is -0.491 e. The van der Waals surface area contributed by atoms with Gasteiger partial charge in [-0.05, 0) is 52.2 Å². The van der Waals surface area contributed by atoms with Gasteiger partial charge in [-0.25, -0.2) is 9.59 Å². The normalized spacial score (nSPS) is 15.6. The number of likely N-dealkylation sites (N-methyl/N-ethyl adjacent to an activating group) is 1. The van der Waals surface area contributed by atoms with Crippen LogP contribution in [0.2, 0.25) is 0 Å². The number of unbranched alkanes of at least 4 members (excludes halogenated alkanes) is 12. The number of hydrogen-bond donors (Lipinski definition) is 1. The molecule has 0 spiro atoms. The molecule has 0 bridgehead atoms. The summed E-state index contributed by atoms with van der Waals surface area (Å²) in [5.74, 6) is 0.298. The molecule has 1 unspecified atom stereocenters. The smallest absolute Gasteiger partial charge is 0.337 e. The van der Waals surface area contributed by atoms with Gasteiger partial charge in [0.1, 0.15) is 5.75 Å². The number of methoxy groups -OCH3 is 1. The van der Waals surface area contributed by atoms with Crippen molar-refractivity contribution in [1.29, 1.82) is 0 Å². The van der Waals surface area contributed by atoms with Crippen LogP contribution in [0.4, 0.5) is 4.79 Å². The van der Waals surface area contributed by atoms with Crippen molar-refractivity contribution in [3.05, 3.63) is 40.6 Å². The Balaban J connectivity index is 2.06. The van der Waals surface area contributed by atoms with Crippen LogP contribution in [0.25, 0.3) is 0 Å². The minimum atomic E-state index is -0.553. The van der Waals surface area contributed by atoms with E-state index in [-0.39, 0.29) is 12.1 Å². The van der Waals surface area contributed by atoms with Gasteiger partial charge >= 0.3 is 12.0 Å². The summed E-state index contributed by atoms with van der Waals surface area (Å²) >= 11 is 0. The van der Waals surface area contributed by atoms with Gasteiger partial charge in [0.15, 0.2) is 0 Å². The lowest BCUT2D eigenvalue weighted by Gasteiger charge is -2.38. The van der Waals surface area contributed by atoms with E-state index in [0.717, 1.165) is 29.7 Å². The molecular formula is C33H54N2O4. The van der Waals surface area contributed by atoms with Gasteiger partial charge in [0.2, 0.25) is 0 Å². The standard InChI is InChI=1S/C33H54N2O4/c1-7-9-10-11-12-13-14-15-16-17-18-19-20-22-27-23-21-24-28(39-25(3)4)30(27)31-29(32(36)38-6)26(5)34-33(37)35(31)8-2/h21,23-25,31H,7-20,22H2,1-6H3,(H,34,37). The number of ether oxygens (including phenoxy) is 2. The molecule has 1 atom stereocenters. The summed E-state index contributed by atoms with van der Waals surface area (Å²) in [6, 6.07) is 5.33. The molecule has 6 heteroatoms. The molecule has 2 rings (SSSR count). The third-order valence-corrected chi connectivity index (χ3v) is 7.63. The lowest BCUT2D eigenvalue weighted by atomic mass is 9.87. The van der Waals surface area contributed by atoms with Crippen molar-refractivity contribution >= 4 is 12.0 Å². The van der Waals surface area contributed by atoms with E-state index in [2.05, 4.69) is 18.3 Å². The van der Waals surface area contributed by atoms with Crippen molar-refractivity contribution in [2.75, 3.05) is 13.7 Å². The van der Waals surface area contributed by atoms with Crippen LogP contribution in [0, 0.1) is 0 Å². The van der Waals surface area contributed by atoms with Gasteiger partial charge in [-0.2, -0.15) is 0 Å². The summed E-state index contributed by atoms with van der Waals surface area (Å²) in [6.45, 7) is 10.4. The average molecular weight is 543 g/mol. The number of nitrogens with zero attached hydrogens (tertiary/aromatic N) is 1.